The molecule has 1 aliphatic rings. The van der Waals surface area contributed by atoms with Crippen molar-refractivity contribution in [3.8, 4) is 0 Å². The first-order valence-electron chi connectivity index (χ1n) is 5.15. The fraction of sp³-hybridized carbons (Fsp3) is 0.273. The number of anilines is 1. The van der Waals surface area contributed by atoms with Gasteiger partial charge in [-0.2, -0.15) is 5.10 Å². The van der Waals surface area contributed by atoms with Gasteiger partial charge in [0, 0.05) is 0 Å². The molecule has 1 heterocycles. The Hall–Kier alpha value is -0.530. The first-order chi connectivity index (χ1) is 8.44. The molecular formula is C11H10Cl2IN3O. The normalized spacial score (nSPS) is 22.9. The Bertz CT molecular complexity index is 519. The van der Waals surface area contributed by atoms with Crippen molar-refractivity contribution in [2.45, 2.75) is 10.3 Å². The zero-order chi connectivity index (χ0) is 13.3. The molecule has 0 spiro atoms. The molecule has 1 unspecified atom stereocenters. The maximum Gasteiger partial charge on any atom is 0.212 e. The zero-order valence-corrected chi connectivity index (χ0v) is 13.1. The maximum absolute atomic E-state index is 10.5. The summed E-state index contributed by atoms with van der Waals surface area (Å²) in [5.41, 5.74) is 0.843. The van der Waals surface area contributed by atoms with Gasteiger partial charge in [-0.1, -0.05) is 45.8 Å². The van der Waals surface area contributed by atoms with Crippen LogP contribution >= 0.6 is 45.8 Å². The van der Waals surface area contributed by atoms with Gasteiger partial charge in [0.2, 0.25) is 6.41 Å². The number of hydrogen-bond donors (Lipinski definition) is 1. The van der Waals surface area contributed by atoms with Gasteiger partial charge in [-0.3, -0.25) is 9.80 Å². The highest BCUT2D eigenvalue weighted by molar-refractivity contribution is 14.1. The Balaban J connectivity index is 2.30. The van der Waals surface area contributed by atoms with Gasteiger partial charge >= 0.3 is 0 Å². The third-order valence-electron chi connectivity index (χ3n) is 2.56. The summed E-state index contributed by atoms with van der Waals surface area (Å²) in [5, 5.41) is 9.77. The van der Waals surface area contributed by atoms with Crippen molar-refractivity contribution < 1.29 is 4.79 Å². The van der Waals surface area contributed by atoms with Gasteiger partial charge in [-0.25, -0.2) is 0 Å². The van der Waals surface area contributed by atoms with Crippen LogP contribution in [-0.2, 0) is 4.79 Å². The summed E-state index contributed by atoms with van der Waals surface area (Å²) < 4.78 is -0.245. The van der Waals surface area contributed by atoms with Crippen LogP contribution < -0.4 is 10.3 Å². The van der Waals surface area contributed by atoms with Gasteiger partial charge in [-0.05, 0) is 25.1 Å². The number of nitrogens with zero attached hydrogens (tertiary/aromatic N) is 2. The smallest absolute Gasteiger partial charge is 0.212 e. The largest absolute Gasteiger partial charge is 0.314 e. The molecule has 1 aromatic carbocycles. The highest BCUT2D eigenvalue weighted by atomic mass is 127. The van der Waals surface area contributed by atoms with Crippen LogP contribution in [0, 0.1) is 0 Å². The third-order valence-corrected chi connectivity index (χ3v) is 4.15. The van der Waals surface area contributed by atoms with Crippen molar-refractivity contribution in [3.63, 3.8) is 0 Å². The number of nitrogens with one attached hydrogen (secondary N) is 1. The van der Waals surface area contributed by atoms with Crippen molar-refractivity contribution in [2.24, 2.45) is 5.10 Å². The van der Waals surface area contributed by atoms with E-state index >= 15 is 0 Å². The summed E-state index contributed by atoms with van der Waals surface area (Å²) in [6, 6.07) is 5.32. The van der Waals surface area contributed by atoms with Crippen LogP contribution in [0.2, 0.25) is 10.0 Å². The lowest BCUT2D eigenvalue weighted by atomic mass is 10.1. The molecule has 1 aliphatic heterocycles. The van der Waals surface area contributed by atoms with E-state index in [1.54, 1.807) is 17.1 Å². The van der Waals surface area contributed by atoms with E-state index in [2.05, 4.69) is 33.0 Å². The SMILES string of the molecule is CC1(I)CN(c2ccc(Cl)c(Cl)c2)N=C1NC=O. The van der Waals surface area contributed by atoms with Gasteiger partial charge in [0.15, 0.2) is 0 Å². The summed E-state index contributed by atoms with van der Waals surface area (Å²) in [6.07, 6.45) is 0.633. The van der Waals surface area contributed by atoms with Crippen molar-refractivity contribution in [1.29, 1.82) is 0 Å². The van der Waals surface area contributed by atoms with Crippen LogP contribution in [0.25, 0.3) is 0 Å². The number of carbonyl (C=O) groups excluding carboxylic acids is 1. The molecular weight excluding hydrogens is 388 g/mol. The molecule has 0 saturated carbocycles. The minimum atomic E-state index is -0.245. The number of rotatable bonds is 2. The number of amidine groups is 1. The lowest BCUT2D eigenvalue weighted by Crippen LogP contribution is -2.39. The average molecular weight is 398 g/mol. The quantitative estimate of drug-likeness (QED) is 0.473. The van der Waals surface area contributed by atoms with E-state index in [4.69, 9.17) is 23.2 Å². The van der Waals surface area contributed by atoms with Gasteiger partial charge in [0.25, 0.3) is 0 Å². The summed E-state index contributed by atoms with van der Waals surface area (Å²) in [5.74, 6) is 0.629. The molecule has 0 bridgehead atoms. The van der Waals surface area contributed by atoms with Gasteiger partial charge in [-0.15, -0.1) is 0 Å². The highest BCUT2D eigenvalue weighted by Gasteiger charge is 2.36. The van der Waals surface area contributed by atoms with E-state index in [-0.39, 0.29) is 3.42 Å². The second-order valence-electron chi connectivity index (χ2n) is 4.06. The van der Waals surface area contributed by atoms with Crippen LogP contribution in [0.1, 0.15) is 6.92 Å². The molecule has 0 aliphatic carbocycles. The Morgan fingerprint density at radius 3 is 2.83 bits per heavy atom. The number of amides is 1. The number of hydrogen-bond acceptors (Lipinski definition) is 3. The maximum atomic E-state index is 10.5. The molecule has 96 valence electrons. The summed E-state index contributed by atoms with van der Waals surface area (Å²) in [4.78, 5) is 10.5. The lowest BCUT2D eigenvalue weighted by molar-refractivity contribution is -0.108. The third kappa shape index (κ3) is 2.73. The molecule has 1 atom stereocenters. The van der Waals surface area contributed by atoms with Crippen molar-refractivity contribution in [2.75, 3.05) is 11.6 Å². The molecule has 1 amide bonds. The van der Waals surface area contributed by atoms with E-state index in [1.807, 2.05) is 13.0 Å². The van der Waals surface area contributed by atoms with Crippen LogP contribution in [0.5, 0.6) is 0 Å². The number of benzene rings is 1. The van der Waals surface area contributed by atoms with Gasteiger partial charge in [0.1, 0.15) is 5.84 Å². The van der Waals surface area contributed by atoms with E-state index in [9.17, 15) is 4.79 Å². The van der Waals surface area contributed by atoms with Crippen molar-refractivity contribution in [1.82, 2.24) is 5.32 Å². The first-order valence-corrected chi connectivity index (χ1v) is 6.98. The second kappa shape index (κ2) is 5.22. The lowest BCUT2D eigenvalue weighted by Gasteiger charge is -2.19. The van der Waals surface area contributed by atoms with Crippen molar-refractivity contribution >= 4 is 63.7 Å². The Kier molecular flexibility index (Phi) is 4.03. The minimum Gasteiger partial charge on any atom is -0.314 e. The van der Waals surface area contributed by atoms with Crippen molar-refractivity contribution in [3.05, 3.63) is 28.2 Å². The Morgan fingerprint density at radius 2 is 2.22 bits per heavy atom. The Labute approximate surface area is 128 Å². The second-order valence-corrected chi connectivity index (χ2v) is 7.26. The molecule has 18 heavy (non-hydrogen) atoms. The Morgan fingerprint density at radius 1 is 1.50 bits per heavy atom. The highest BCUT2D eigenvalue weighted by Crippen LogP contribution is 2.33. The summed E-state index contributed by atoms with van der Waals surface area (Å²) in [7, 11) is 0. The molecule has 0 fully saturated rings. The average Bonchev–Trinajstić information content (AvgIpc) is 2.59. The standard InChI is InChI=1S/C11H10Cl2IN3O/c1-11(14)5-17(16-10(11)15-6-18)7-2-3-8(12)9(13)4-7/h2-4,6H,5H2,1H3,(H,15,16,18). The number of alkyl halides is 1. The van der Waals surface area contributed by atoms with Gasteiger partial charge < -0.3 is 5.32 Å². The topological polar surface area (TPSA) is 44.7 Å². The predicted octanol–water partition coefficient (Wildman–Crippen LogP) is 3.07. The fourth-order valence-corrected chi connectivity index (χ4v) is 2.53. The summed E-state index contributed by atoms with van der Waals surface area (Å²) >= 11 is 14.1. The van der Waals surface area contributed by atoms with Crippen LogP contribution in [0.4, 0.5) is 5.69 Å². The molecule has 7 heteroatoms. The molecule has 2 rings (SSSR count). The zero-order valence-electron chi connectivity index (χ0n) is 9.45. The van der Waals surface area contributed by atoms with Crippen LogP contribution in [-0.4, -0.2) is 22.2 Å². The first kappa shape index (κ1) is 13.9. The van der Waals surface area contributed by atoms with E-state index in [1.165, 1.54) is 0 Å². The molecule has 0 aromatic heterocycles. The monoisotopic (exact) mass is 397 g/mol. The molecule has 1 N–H and O–H groups in total. The molecule has 0 saturated heterocycles. The number of carbonyl (C=O) groups is 1. The predicted molar refractivity (Wildman–Crippen MR) is 82.9 cm³/mol. The van der Waals surface area contributed by atoms with Crippen LogP contribution in [0.15, 0.2) is 23.3 Å². The number of hydrazone groups is 1. The fourth-order valence-electron chi connectivity index (χ4n) is 1.65. The van der Waals surface area contributed by atoms with E-state index in [0.717, 1.165) is 5.69 Å². The van der Waals surface area contributed by atoms with E-state index < -0.39 is 0 Å². The van der Waals surface area contributed by atoms with Gasteiger partial charge in [0.05, 0.1) is 25.7 Å². The minimum absolute atomic E-state index is 0.245. The molecule has 0 radical (unpaired) electrons. The summed E-state index contributed by atoms with van der Waals surface area (Å²) in [6.45, 7) is 2.65. The molecule has 1 aromatic rings. The molecule has 4 nitrogen and oxygen atoms in total. The van der Waals surface area contributed by atoms with Crippen LogP contribution in [0.3, 0.4) is 0 Å². The number of halogens is 3. The van der Waals surface area contributed by atoms with E-state index in [0.29, 0.717) is 28.8 Å².